The molecule has 1 aromatic rings. The summed E-state index contributed by atoms with van der Waals surface area (Å²) < 4.78 is 10.7. The highest BCUT2D eigenvalue weighted by atomic mass is 16.5. The second-order valence-corrected chi connectivity index (χ2v) is 5.82. The van der Waals surface area contributed by atoms with Gasteiger partial charge in [0, 0.05) is 0 Å². The number of hydrogen-bond acceptors (Lipinski definition) is 4. The Hall–Kier alpha value is -1.34. The summed E-state index contributed by atoms with van der Waals surface area (Å²) in [5.41, 5.74) is 0. The van der Waals surface area contributed by atoms with E-state index in [1.165, 1.54) is 9.80 Å². The molecular weight excluding hydrogens is 284 g/mol. The molecule has 6 nitrogen and oxygen atoms in total. The van der Waals surface area contributed by atoms with Crippen molar-refractivity contribution < 1.29 is 29.5 Å². The predicted octanol–water partition coefficient (Wildman–Crippen LogP) is -2.79. The minimum atomic E-state index is -0.462. The van der Waals surface area contributed by atoms with Crippen molar-refractivity contribution in [1.82, 2.24) is 0 Å². The first kappa shape index (κ1) is 17.0. The molecule has 2 rings (SSSR count). The van der Waals surface area contributed by atoms with Gasteiger partial charge in [0.25, 0.3) is 0 Å². The first-order valence-electron chi connectivity index (χ1n) is 7.94. The summed E-state index contributed by atoms with van der Waals surface area (Å²) in [6.45, 7) is 6.29. The van der Waals surface area contributed by atoms with Crippen LogP contribution in [0.3, 0.4) is 0 Å². The van der Waals surface area contributed by atoms with Crippen molar-refractivity contribution in [2.45, 2.75) is 6.10 Å². The predicted molar refractivity (Wildman–Crippen MR) is 82.7 cm³/mol. The van der Waals surface area contributed by atoms with Crippen LogP contribution in [0.1, 0.15) is 0 Å². The molecule has 124 valence electrons. The molecule has 4 N–H and O–H groups in total. The fourth-order valence-corrected chi connectivity index (χ4v) is 2.83. The summed E-state index contributed by atoms with van der Waals surface area (Å²) in [7, 11) is 1.63. The van der Waals surface area contributed by atoms with Gasteiger partial charge in [0.15, 0.2) is 0 Å². The van der Waals surface area contributed by atoms with Gasteiger partial charge in [-0.2, -0.15) is 0 Å². The molecule has 1 heterocycles. The average Bonchev–Trinajstić information content (AvgIpc) is 2.55. The van der Waals surface area contributed by atoms with Gasteiger partial charge in [-0.25, -0.2) is 0 Å². The molecule has 0 aliphatic carbocycles. The van der Waals surface area contributed by atoms with Gasteiger partial charge in [-0.05, 0) is 24.3 Å². The number of methoxy groups -OCH3 is 1. The highest BCUT2D eigenvalue weighted by Crippen LogP contribution is 2.16. The van der Waals surface area contributed by atoms with E-state index >= 15 is 0 Å². The van der Waals surface area contributed by atoms with Crippen molar-refractivity contribution >= 4 is 0 Å². The molecule has 0 spiro atoms. The Bertz CT molecular complexity index is 419. The molecule has 0 bridgehead atoms. The minimum Gasteiger partial charge on any atom is -0.497 e. The minimum absolute atomic E-state index is 0.253. The quantitative estimate of drug-likeness (QED) is 0.419. The first-order valence-corrected chi connectivity index (χ1v) is 7.94. The van der Waals surface area contributed by atoms with Gasteiger partial charge >= 0.3 is 0 Å². The number of hydrogen-bond donors (Lipinski definition) is 4. The number of aliphatic hydroxyl groups is 2. The molecule has 6 heteroatoms. The number of ether oxygens (including phenoxy) is 2. The van der Waals surface area contributed by atoms with E-state index < -0.39 is 6.10 Å². The normalized spacial score (nSPS) is 23.0. The van der Waals surface area contributed by atoms with Gasteiger partial charge in [-0.3, -0.25) is 0 Å². The van der Waals surface area contributed by atoms with E-state index in [-0.39, 0.29) is 6.61 Å². The first-order chi connectivity index (χ1) is 10.7. The number of quaternary nitrogens is 2. The second-order valence-electron chi connectivity index (χ2n) is 5.82. The van der Waals surface area contributed by atoms with Crippen LogP contribution in [0.5, 0.6) is 11.5 Å². The Kier molecular flexibility index (Phi) is 6.92. The van der Waals surface area contributed by atoms with Crippen LogP contribution in [0.4, 0.5) is 0 Å². The van der Waals surface area contributed by atoms with Gasteiger partial charge < -0.3 is 29.5 Å². The molecular formula is C16H28N2O4+2. The third-order valence-corrected chi connectivity index (χ3v) is 4.16. The average molecular weight is 312 g/mol. The van der Waals surface area contributed by atoms with Crippen LogP contribution < -0.4 is 19.3 Å². The molecule has 1 fully saturated rings. The fourth-order valence-electron chi connectivity index (χ4n) is 2.83. The maximum atomic E-state index is 10.1. The maximum Gasteiger partial charge on any atom is 0.137 e. The van der Waals surface area contributed by atoms with Crippen molar-refractivity contribution in [3.8, 4) is 11.5 Å². The Morgan fingerprint density at radius 2 is 1.64 bits per heavy atom. The van der Waals surface area contributed by atoms with Gasteiger partial charge in [0.2, 0.25) is 0 Å². The number of aliphatic hydroxyl groups excluding tert-OH is 2. The fraction of sp³-hybridized carbons (Fsp3) is 0.625. The number of rotatable bonds is 8. The molecule has 1 atom stereocenters. The lowest BCUT2D eigenvalue weighted by atomic mass is 10.2. The molecule has 0 unspecified atom stereocenters. The molecule has 0 amide bonds. The van der Waals surface area contributed by atoms with Crippen LogP contribution >= 0.6 is 0 Å². The summed E-state index contributed by atoms with van der Waals surface area (Å²) >= 11 is 0. The van der Waals surface area contributed by atoms with Gasteiger partial charge in [-0.15, -0.1) is 0 Å². The second kappa shape index (κ2) is 8.95. The van der Waals surface area contributed by atoms with Crippen molar-refractivity contribution in [2.24, 2.45) is 0 Å². The lowest BCUT2D eigenvalue weighted by Gasteiger charge is -2.30. The van der Waals surface area contributed by atoms with Crippen molar-refractivity contribution in [3.05, 3.63) is 24.3 Å². The summed E-state index contributed by atoms with van der Waals surface area (Å²) in [5, 5.41) is 19.1. The lowest BCUT2D eigenvalue weighted by Crippen LogP contribution is -3.28. The molecule has 1 aliphatic heterocycles. The van der Waals surface area contributed by atoms with Crippen molar-refractivity contribution in [1.29, 1.82) is 0 Å². The Morgan fingerprint density at radius 3 is 2.23 bits per heavy atom. The third-order valence-electron chi connectivity index (χ3n) is 4.16. The summed E-state index contributed by atoms with van der Waals surface area (Å²) in [5.74, 6) is 1.53. The molecule has 1 aliphatic rings. The van der Waals surface area contributed by atoms with E-state index in [9.17, 15) is 5.11 Å². The van der Waals surface area contributed by atoms with E-state index in [1.807, 2.05) is 24.3 Å². The Morgan fingerprint density at radius 1 is 1.05 bits per heavy atom. The van der Waals surface area contributed by atoms with Crippen molar-refractivity contribution in [3.63, 3.8) is 0 Å². The maximum absolute atomic E-state index is 10.1. The lowest BCUT2D eigenvalue weighted by molar-refractivity contribution is -1.01. The van der Waals surface area contributed by atoms with E-state index in [4.69, 9.17) is 14.6 Å². The van der Waals surface area contributed by atoms with Crippen LogP contribution in [-0.4, -0.2) is 75.9 Å². The highest BCUT2D eigenvalue weighted by Gasteiger charge is 2.24. The molecule has 22 heavy (non-hydrogen) atoms. The molecule has 1 saturated heterocycles. The van der Waals surface area contributed by atoms with E-state index in [2.05, 4.69) is 0 Å². The molecule has 0 aromatic heterocycles. The van der Waals surface area contributed by atoms with Crippen LogP contribution in [-0.2, 0) is 0 Å². The summed E-state index contributed by atoms with van der Waals surface area (Å²) in [6, 6.07) is 7.37. The van der Waals surface area contributed by atoms with Gasteiger partial charge in [0.05, 0.1) is 13.7 Å². The zero-order valence-electron chi connectivity index (χ0n) is 13.3. The third kappa shape index (κ3) is 5.46. The van der Waals surface area contributed by atoms with E-state index in [1.54, 1.807) is 7.11 Å². The van der Waals surface area contributed by atoms with Crippen LogP contribution in [0.15, 0.2) is 24.3 Å². The van der Waals surface area contributed by atoms with E-state index in [0.717, 1.165) is 44.2 Å². The van der Waals surface area contributed by atoms with Crippen molar-refractivity contribution in [2.75, 3.05) is 59.6 Å². The molecule has 1 aromatic carbocycles. The van der Waals surface area contributed by atoms with Crippen LogP contribution in [0, 0.1) is 0 Å². The molecule has 0 saturated carbocycles. The standard InChI is InChI=1S/C16H26N2O4/c1-21-15-2-4-16(5-3-15)22-13-14(20)12-18-8-6-17(7-9-18)10-11-19/h2-5,14,19-20H,6-13H2,1H3/p+2/t14-/m1/s1. The monoisotopic (exact) mass is 312 g/mol. The Labute approximate surface area is 131 Å². The zero-order valence-corrected chi connectivity index (χ0v) is 13.3. The zero-order chi connectivity index (χ0) is 15.8. The van der Waals surface area contributed by atoms with Gasteiger partial charge in [-0.1, -0.05) is 0 Å². The largest absolute Gasteiger partial charge is 0.497 e. The summed E-state index contributed by atoms with van der Waals surface area (Å²) in [6.07, 6.45) is -0.462. The van der Waals surface area contributed by atoms with Crippen LogP contribution in [0.2, 0.25) is 0 Å². The summed E-state index contributed by atoms with van der Waals surface area (Å²) in [4.78, 5) is 2.86. The van der Waals surface area contributed by atoms with Crippen LogP contribution in [0.25, 0.3) is 0 Å². The Balaban J connectivity index is 1.66. The number of piperazine rings is 1. The number of nitrogens with one attached hydrogen (secondary N) is 2. The number of benzene rings is 1. The molecule has 0 radical (unpaired) electrons. The SMILES string of the molecule is COc1ccc(OC[C@H](O)C[NH+]2CC[NH+](CCO)CC2)cc1. The smallest absolute Gasteiger partial charge is 0.137 e. The van der Waals surface area contributed by atoms with Gasteiger partial charge in [0.1, 0.15) is 63.5 Å². The topological polar surface area (TPSA) is 67.8 Å². The van der Waals surface area contributed by atoms with E-state index in [0.29, 0.717) is 13.2 Å². The highest BCUT2D eigenvalue weighted by molar-refractivity contribution is 5.31.